The molecule has 0 saturated carbocycles. The Labute approximate surface area is 84.8 Å². The number of carbonyl (C=O) groups excluding carboxylic acids is 1. The second-order valence-corrected chi connectivity index (χ2v) is 3.88. The average Bonchev–Trinajstić information content (AvgIpc) is 2.27. The lowest BCUT2D eigenvalue weighted by Crippen LogP contribution is -2.42. The van der Waals surface area contributed by atoms with E-state index in [4.69, 9.17) is 0 Å². The second-order valence-electron chi connectivity index (χ2n) is 3.88. The van der Waals surface area contributed by atoms with Gasteiger partial charge in [0, 0.05) is 19.0 Å². The number of carbonyl (C=O) groups is 1. The summed E-state index contributed by atoms with van der Waals surface area (Å²) >= 11 is 0. The molecule has 1 saturated heterocycles. The summed E-state index contributed by atoms with van der Waals surface area (Å²) in [6, 6.07) is 0. The highest BCUT2D eigenvalue weighted by Gasteiger charge is 2.28. The third kappa shape index (κ3) is 2.56. The monoisotopic (exact) mass is 199 g/mol. The minimum absolute atomic E-state index is 0.364. The van der Waals surface area contributed by atoms with Crippen molar-refractivity contribution in [3.05, 3.63) is 12.7 Å². The fraction of sp³-hybridized carbons (Fsp3) is 0.727. The van der Waals surface area contributed by atoms with Crippen LogP contribution in [0.25, 0.3) is 0 Å². The number of amides is 1. The molecule has 0 aliphatic carbocycles. The van der Waals surface area contributed by atoms with Crippen molar-refractivity contribution in [3.8, 4) is 0 Å². The normalized spacial score (nSPS) is 21.4. The van der Waals surface area contributed by atoms with Crippen LogP contribution in [-0.2, 0) is 4.79 Å². The van der Waals surface area contributed by atoms with Crippen LogP contribution in [0.4, 0.5) is 4.39 Å². The van der Waals surface area contributed by atoms with Gasteiger partial charge in [-0.1, -0.05) is 13.0 Å². The van der Waals surface area contributed by atoms with Gasteiger partial charge in [-0.25, -0.2) is 4.39 Å². The summed E-state index contributed by atoms with van der Waals surface area (Å²) < 4.78 is 13.5. The second kappa shape index (κ2) is 5.13. The number of rotatable bonds is 3. The van der Waals surface area contributed by atoms with Crippen molar-refractivity contribution in [1.29, 1.82) is 0 Å². The number of allylic oxidation sites excluding steroid dienone is 1. The van der Waals surface area contributed by atoms with Crippen molar-refractivity contribution in [3.63, 3.8) is 0 Å². The molecule has 1 heterocycles. The number of halogens is 1. The lowest BCUT2D eigenvalue weighted by molar-refractivity contribution is -0.138. The van der Waals surface area contributed by atoms with Crippen molar-refractivity contribution in [2.75, 3.05) is 13.1 Å². The Bertz CT molecular complexity index is 211. The third-order valence-electron chi connectivity index (χ3n) is 2.74. The highest BCUT2D eigenvalue weighted by Crippen LogP contribution is 2.16. The number of nitrogens with zero attached hydrogens (tertiary/aromatic N) is 1. The molecule has 0 spiro atoms. The van der Waals surface area contributed by atoms with Crippen molar-refractivity contribution in [1.82, 2.24) is 4.90 Å². The predicted molar refractivity (Wildman–Crippen MR) is 54.7 cm³/mol. The maximum absolute atomic E-state index is 13.5. The summed E-state index contributed by atoms with van der Waals surface area (Å²) in [6.45, 7) is 6.60. The Kier molecular flexibility index (Phi) is 4.11. The van der Waals surface area contributed by atoms with E-state index in [1.165, 1.54) is 6.08 Å². The Morgan fingerprint density at radius 1 is 1.43 bits per heavy atom. The van der Waals surface area contributed by atoms with Gasteiger partial charge in [-0.2, -0.15) is 0 Å². The van der Waals surface area contributed by atoms with Crippen molar-refractivity contribution in [2.24, 2.45) is 5.92 Å². The molecule has 3 heteroatoms. The van der Waals surface area contributed by atoms with E-state index in [1.807, 2.05) is 0 Å². The zero-order chi connectivity index (χ0) is 10.6. The lowest BCUT2D eigenvalue weighted by Gasteiger charge is -2.28. The van der Waals surface area contributed by atoms with Crippen LogP contribution < -0.4 is 0 Å². The SMILES string of the molecule is C=C[C@@H](C)[C@@H](F)C(=O)N1CCCCC1. The fourth-order valence-electron chi connectivity index (χ4n) is 1.63. The van der Waals surface area contributed by atoms with E-state index in [2.05, 4.69) is 6.58 Å². The molecule has 1 rings (SSSR count). The lowest BCUT2D eigenvalue weighted by atomic mass is 10.0. The van der Waals surface area contributed by atoms with E-state index < -0.39 is 6.17 Å². The van der Waals surface area contributed by atoms with E-state index in [9.17, 15) is 9.18 Å². The molecule has 0 radical (unpaired) electrons. The molecule has 0 aromatic carbocycles. The molecule has 1 fully saturated rings. The van der Waals surface area contributed by atoms with Crippen molar-refractivity contribution in [2.45, 2.75) is 32.4 Å². The summed E-state index contributed by atoms with van der Waals surface area (Å²) in [5.41, 5.74) is 0. The average molecular weight is 199 g/mol. The molecule has 0 N–H and O–H groups in total. The van der Waals surface area contributed by atoms with Gasteiger partial charge in [0.05, 0.1) is 0 Å². The Balaban J connectivity index is 2.49. The quantitative estimate of drug-likeness (QED) is 0.638. The number of likely N-dealkylation sites (tertiary alicyclic amines) is 1. The summed E-state index contributed by atoms with van der Waals surface area (Å²) in [5.74, 6) is -0.749. The van der Waals surface area contributed by atoms with E-state index in [-0.39, 0.29) is 11.8 Å². The Morgan fingerprint density at radius 3 is 2.50 bits per heavy atom. The number of alkyl halides is 1. The smallest absolute Gasteiger partial charge is 0.257 e. The topological polar surface area (TPSA) is 20.3 Å². The van der Waals surface area contributed by atoms with Crippen LogP contribution in [0.5, 0.6) is 0 Å². The number of hydrogen-bond donors (Lipinski definition) is 0. The van der Waals surface area contributed by atoms with Crippen LogP contribution >= 0.6 is 0 Å². The van der Waals surface area contributed by atoms with E-state index in [1.54, 1.807) is 11.8 Å². The van der Waals surface area contributed by atoms with Crippen LogP contribution in [0, 0.1) is 5.92 Å². The molecule has 0 bridgehead atoms. The molecule has 0 aromatic rings. The summed E-state index contributed by atoms with van der Waals surface area (Å²) in [5, 5.41) is 0. The third-order valence-corrected chi connectivity index (χ3v) is 2.74. The molecule has 1 amide bonds. The fourth-order valence-corrected chi connectivity index (χ4v) is 1.63. The molecule has 2 atom stereocenters. The van der Waals surface area contributed by atoms with Gasteiger partial charge in [0.25, 0.3) is 5.91 Å². The summed E-state index contributed by atoms with van der Waals surface area (Å²) in [6.07, 6.45) is 3.23. The minimum Gasteiger partial charge on any atom is -0.340 e. The van der Waals surface area contributed by atoms with E-state index in [0.29, 0.717) is 13.1 Å². The Hall–Kier alpha value is -0.860. The zero-order valence-electron chi connectivity index (χ0n) is 8.71. The molecule has 2 nitrogen and oxygen atoms in total. The van der Waals surface area contributed by atoms with Crippen LogP contribution in [0.1, 0.15) is 26.2 Å². The number of hydrogen-bond acceptors (Lipinski definition) is 1. The van der Waals surface area contributed by atoms with Gasteiger partial charge in [-0.05, 0) is 19.3 Å². The molecule has 14 heavy (non-hydrogen) atoms. The summed E-state index contributed by atoms with van der Waals surface area (Å²) in [7, 11) is 0. The molecule has 0 aromatic heterocycles. The van der Waals surface area contributed by atoms with Crippen LogP contribution in [-0.4, -0.2) is 30.1 Å². The van der Waals surface area contributed by atoms with E-state index in [0.717, 1.165) is 19.3 Å². The van der Waals surface area contributed by atoms with Crippen molar-refractivity contribution >= 4 is 5.91 Å². The van der Waals surface area contributed by atoms with Crippen LogP contribution in [0.2, 0.25) is 0 Å². The first-order chi connectivity index (χ1) is 6.66. The minimum atomic E-state index is -1.41. The predicted octanol–water partition coefficient (Wildman–Crippen LogP) is 2.16. The standard InChI is InChI=1S/C11H18FNO/c1-3-9(2)10(12)11(14)13-7-5-4-6-8-13/h3,9-10H,1,4-8H2,2H3/t9-,10-/m1/s1. The van der Waals surface area contributed by atoms with Gasteiger partial charge in [0.1, 0.15) is 0 Å². The first-order valence-electron chi connectivity index (χ1n) is 5.22. The largest absolute Gasteiger partial charge is 0.340 e. The molecule has 1 aliphatic heterocycles. The number of piperidine rings is 1. The molecule has 0 unspecified atom stereocenters. The summed E-state index contributed by atoms with van der Waals surface area (Å²) in [4.78, 5) is 13.2. The zero-order valence-corrected chi connectivity index (χ0v) is 8.71. The van der Waals surface area contributed by atoms with Gasteiger partial charge >= 0.3 is 0 Å². The van der Waals surface area contributed by atoms with Crippen molar-refractivity contribution < 1.29 is 9.18 Å². The van der Waals surface area contributed by atoms with Gasteiger partial charge in [-0.15, -0.1) is 6.58 Å². The van der Waals surface area contributed by atoms with E-state index >= 15 is 0 Å². The van der Waals surface area contributed by atoms with Crippen LogP contribution in [0.15, 0.2) is 12.7 Å². The van der Waals surface area contributed by atoms with Gasteiger partial charge < -0.3 is 4.90 Å². The molecule has 1 aliphatic rings. The van der Waals surface area contributed by atoms with Gasteiger partial charge in [0.15, 0.2) is 6.17 Å². The highest BCUT2D eigenvalue weighted by atomic mass is 19.1. The van der Waals surface area contributed by atoms with Crippen LogP contribution in [0.3, 0.4) is 0 Å². The molecule has 80 valence electrons. The van der Waals surface area contributed by atoms with Gasteiger partial charge in [0.2, 0.25) is 0 Å². The maximum Gasteiger partial charge on any atom is 0.257 e. The first-order valence-corrected chi connectivity index (χ1v) is 5.22. The molecular formula is C11H18FNO. The first kappa shape index (κ1) is 11.2. The van der Waals surface area contributed by atoms with Gasteiger partial charge in [-0.3, -0.25) is 4.79 Å². The highest BCUT2D eigenvalue weighted by molar-refractivity contribution is 5.81. The molecular weight excluding hydrogens is 181 g/mol. The maximum atomic E-state index is 13.5. The Morgan fingerprint density at radius 2 is 2.00 bits per heavy atom.